The van der Waals surface area contributed by atoms with E-state index in [2.05, 4.69) is 19.0 Å². The van der Waals surface area contributed by atoms with E-state index in [1.54, 1.807) is 0 Å². The van der Waals surface area contributed by atoms with Crippen LogP contribution in [0.5, 0.6) is 0 Å². The largest absolute Gasteiger partial charge is 0.342 e. The molecule has 2 rings (SSSR count). The van der Waals surface area contributed by atoms with E-state index in [0.717, 1.165) is 49.5 Å². The highest BCUT2D eigenvalue weighted by molar-refractivity contribution is 5.78. The fourth-order valence-electron chi connectivity index (χ4n) is 2.96. The Labute approximate surface area is 127 Å². The average molecular weight is 289 g/mol. The second-order valence-corrected chi connectivity index (χ2v) is 6.28. The molecule has 1 aromatic rings. The van der Waals surface area contributed by atoms with E-state index in [1.807, 2.05) is 29.2 Å². The van der Waals surface area contributed by atoms with Gasteiger partial charge in [0.05, 0.1) is 6.42 Å². The molecule has 1 heterocycles. The van der Waals surface area contributed by atoms with Gasteiger partial charge in [-0.3, -0.25) is 4.79 Å². The molecule has 1 aromatic carbocycles. The first-order valence-corrected chi connectivity index (χ1v) is 7.79. The van der Waals surface area contributed by atoms with Crippen LogP contribution in [0.25, 0.3) is 0 Å². The number of nitrogens with two attached hydrogens (primary N) is 1. The molecule has 116 valence electrons. The highest BCUT2D eigenvalue weighted by Gasteiger charge is 2.22. The second kappa shape index (κ2) is 7.57. The zero-order valence-corrected chi connectivity index (χ0v) is 13.2. The highest BCUT2D eigenvalue weighted by atomic mass is 16.2. The summed E-state index contributed by atoms with van der Waals surface area (Å²) in [6, 6.07) is 8.04. The number of hydrogen-bond donors (Lipinski definition) is 1. The van der Waals surface area contributed by atoms with Crippen molar-refractivity contribution < 1.29 is 4.79 Å². The minimum absolute atomic E-state index is 0.249. The van der Waals surface area contributed by atoms with E-state index < -0.39 is 0 Å². The van der Waals surface area contributed by atoms with Gasteiger partial charge in [0.2, 0.25) is 5.91 Å². The van der Waals surface area contributed by atoms with E-state index in [4.69, 9.17) is 5.73 Å². The Morgan fingerprint density at radius 3 is 2.29 bits per heavy atom. The van der Waals surface area contributed by atoms with Crippen LogP contribution in [0.4, 0.5) is 0 Å². The number of hydrogen-bond acceptors (Lipinski definition) is 3. The van der Waals surface area contributed by atoms with Crippen LogP contribution < -0.4 is 5.73 Å². The Hall–Kier alpha value is -1.39. The summed E-state index contributed by atoms with van der Waals surface area (Å²) in [7, 11) is 4.23. The van der Waals surface area contributed by atoms with Gasteiger partial charge in [-0.05, 0) is 44.0 Å². The maximum atomic E-state index is 12.3. The molecule has 1 aliphatic rings. The number of carbonyl (C=O) groups is 1. The van der Waals surface area contributed by atoms with Crippen LogP contribution in [-0.2, 0) is 17.8 Å². The van der Waals surface area contributed by atoms with Crippen LogP contribution in [-0.4, -0.2) is 49.4 Å². The molecule has 0 radical (unpaired) electrons. The summed E-state index contributed by atoms with van der Waals surface area (Å²) in [6.07, 6.45) is 2.75. The van der Waals surface area contributed by atoms with Crippen LogP contribution in [0.3, 0.4) is 0 Å². The molecule has 1 aliphatic heterocycles. The molecular formula is C17H27N3O. The van der Waals surface area contributed by atoms with E-state index in [-0.39, 0.29) is 5.91 Å². The lowest BCUT2D eigenvalue weighted by atomic mass is 9.96. The van der Waals surface area contributed by atoms with Crippen LogP contribution in [0.15, 0.2) is 24.3 Å². The summed E-state index contributed by atoms with van der Waals surface area (Å²) in [5, 5.41) is 0. The third kappa shape index (κ3) is 4.83. The van der Waals surface area contributed by atoms with Crippen molar-refractivity contribution in [3.8, 4) is 0 Å². The maximum absolute atomic E-state index is 12.3. The van der Waals surface area contributed by atoms with Crippen LogP contribution in [0.2, 0.25) is 0 Å². The van der Waals surface area contributed by atoms with Gasteiger partial charge in [-0.2, -0.15) is 0 Å². The molecule has 0 aromatic heterocycles. The number of amides is 1. The quantitative estimate of drug-likeness (QED) is 0.893. The van der Waals surface area contributed by atoms with Crippen molar-refractivity contribution in [2.45, 2.75) is 25.8 Å². The lowest BCUT2D eigenvalue weighted by Crippen LogP contribution is -2.41. The monoisotopic (exact) mass is 289 g/mol. The molecule has 21 heavy (non-hydrogen) atoms. The lowest BCUT2D eigenvalue weighted by Gasteiger charge is -2.33. The van der Waals surface area contributed by atoms with Gasteiger partial charge in [0.25, 0.3) is 0 Å². The summed E-state index contributed by atoms with van der Waals surface area (Å²) in [5.74, 6) is 0.978. The third-order valence-corrected chi connectivity index (χ3v) is 4.20. The predicted molar refractivity (Wildman–Crippen MR) is 85.9 cm³/mol. The van der Waals surface area contributed by atoms with Gasteiger partial charge in [-0.25, -0.2) is 0 Å². The van der Waals surface area contributed by atoms with Gasteiger partial charge in [-0.1, -0.05) is 24.3 Å². The van der Waals surface area contributed by atoms with E-state index in [1.165, 1.54) is 0 Å². The van der Waals surface area contributed by atoms with E-state index >= 15 is 0 Å². The molecular weight excluding hydrogens is 262 g/mol. The van der Waals surface area contributed by atoms with Crippen molar-refractivity contribution in [2.75, 3.05) is 33.7 Å². The SMILES string of the molecule is CN(C)CC1CCN(C(=O)Cc2ccc(CN)cc2)CC1. The number of likely N-dealkylation sites (tertiary alicyclic amines) is 1. The van der Waals surface area contributed by atoms with Crippen molar-refractivity contribution >= 4 is 5.91 Å². The lowest BCUT2D eigenvalue weighted by molar-refractivity contribution is -0.131. The summed E-state index contributed by atoms with van der Waals surface area (Å²) < 4.78 is 0. The third-order valence-electron chi connectivity index (χ3n) is 4.20. The fourth-order valence-corrected chi connectivity index (χ4v) is 2.96. The number of carbonyl (C=O) groups excluding carboxylic acids is 1. The van der Waals surface area contributed by atoms with Crippen LogP contribution in [0, 0.1) is 5.92 Å². The first-order valence-electron chi connectivity index (χ1n) is 7.79. The normalized spacial score (nSPS) is 16.5. The Bertz CT molecular complexity index is 448. The second-order valence-electron chi connectivity index (χ2n) is 6.28. The van der Waals surface area contributed by atoms with Gasteiger partial charge in [-0.15, -0.1) is 0 Å². The number of benzene rings is 1. The smallest absolute Gasteiger partial charge is 0.226 e. The molecule has 1 fully saturated rings. The molecule has 4 heteroatoms. The first kappa shape index (κ1) is 16.0. The molecule has 2 N–H and O–H groups in total. The highest BCUT2D eigenvalue weighted by Crippen LogP contribution is 2.18. The Morgan fingerprint density at radius 2 is 1.76 bits per heavy atom. The van der Waals surface area contributed by atoms with Crippen molar-refractivity contribution in [3.05, 3.63) is 35.4 Å². The van der Waals surface area contributed by atoms with Gasteiger partial charge < -0.3 is 15.5 Å². The maximum Gasteiger partial charge on any atom is 0.226 e. The standard InChI is InChI=1S/C17H27N3O/c1-19(2)13-16-7-9-20(10-8-16)17(21)11-14-3-5-15(12-18)6-4-14/h3-6,16H,7-13,18H2,1-2H3. The van der Waals surface area contributed by atoms with Crippen molar-refractivity contribution in [2.24, 2.45) is 11.7 Å². The molecule has 0 bridgehead atoms. The molecule has 0 unspecified atom stereocenters. The number of rotatable bonds is 5. The minimum Gasteiger partial charge on any atom is -0.342 e. The predicted octanol–water partition coefficient (Wildman–Crippen LogP) is 1.49. The average Bonchev–Trinajstić information content (AvgIpc) is 2.48. The Morgan fingerprint density at radius 1 is 1.19 bits per heavy atom. The molecule has 0 saturated carbocycles. The summed E-state index contributed by atoms with van der Waals surface area (Å²) >= 11 is 0. The topological polar surface area (TPSA) is 49.6 Å². The summed E-state index contributed by atoms with van der Waals surface area (Å²) in [4.78, 5) is 16.6. The zero-order chi connectivity index (χ0) is 15.2. The molecule has 0 atom stereocenters. The van der Waals surface area contributed by atoms with Gasteiger partial charge in [0.15, 0.2) is 0 Å². The summed E-state index contributed by atoms with van der Waals surface area (Å²) in [6.45, 7) is 3.48. The van der Waals surface area contributed by atoms with Gasteiger partial charge in [0, 0.05) is 26.2 Å². The molecule has 0 aliphatic carbocycles. The number of piperidine rings is 1. The van der Waals surface area contributed by atoms with E-state index in [9.17, 15) is 4.79 Å². The van der Waals surface area contributed by atoms with Crippen molar-refractivity contribution in [3.63, 3.8) is 0 Å². The van der Waals surface area contributed by atoms with Crippen molar-refractivity contribution in [1.82, 2.24) is 9.80 Å². The van der Waals surface area contributed by atoms with Crippen LogP contribution in [0.1, 0.15) is 24.0 Å². The molecule has 1 saturated heterocycles. The first-order chi connectivity index (χ1) is 10.1. The fraction of sp³-hybridized carbons (Fsp3) is 0.588. The summed E-state index contributed by atoms with van der Waals surface area (Å²) in [5.41, 5.74) is 7.77. The minimum atomic E-state index is 0.249. The van der Waals surface area contributed by atoms with Crippen molar-refractivity contribution in [1.29, 1.82) is 0 Å². The Kier molecular flexibility index (Phi) is 5.76. The number of nitrogens with zero attached hydrogens (tertiary/aromatic N) is 2. The Balaban J connectivity index is 1.81. The molecule has 1 amide bonds. The molecule has 0 spiro atoms. The van der Waals surface area contributed by atoms with Gasteiger partial charge >= 0.3 is 0 Å². The molecule has 4 nitrogen and oxygen atoms in total. The van der Waals surface area contributed by atoms with E-state index in [0.29, 0.717) is 13.0 Å². The van der Waals surface area contributed by atoms with Gasteiger partial charge in [0.1, 0.15) is 0 Å². The zero-order valence-electron chi connectivity index (χ0n) is 13.2. The van der Waals surface area contributed by atoms with Crippen LogP contribution >= 0.6 is 0 Å².